The van der Waals surface area contributed by atoms with Crippen molar-refractivity contribution in [3.63, 3.8) is 0 Å². The van der Waals surface area contributed by atoms with Crippen LogP contribution < -0.4 is 10.1 Å². The molecule has 0 spiro atoms. The fraction of sp³-hybridized carbons (Fsp3) is 0.286. The van der Waals surface area contributed by atoms with Gasteiger partial charge in [-0.25, -0.2) is 0 Å². The van der Waals surface area contributed by atoms with Gasteiger partial charge in [-0.3, -0.25) is 15.5 Å². The first-order valence-corrected chi connectivity index (χ1v) is 11.6. The van der Waals surface area contributed by atoms with Crippen LogP contribution >= 0.6 is 0 Å². The quantitative estimate of drug-likeness (QED) is 0.567. The van der Waals surface area contributed by atoms with Gasteiger partial charge in [0.2, 0.25) is 0 Å². The Kier molecular flexibility index (Phi) is 5.63. The molecule has 3 aromatic carbocycles. The zero-order valence-corrected chi connectivity index (χ0v) is 18.9. The normalized spacial score (nSPS) is 21.2. The zero-order valence-electron chi connectivity index (χ0n) is 18.9. The van der Waals surface area contributed by atoms with Crippen molar-refractivity contribution in [2.75, 3.05) is 7.11 Å². The molecule has 2 aliphatic rings. The molecule has 0 aromatic heterocycles. The lowest BCUT2D eigenvalue weighted by Gasteiger charge is -2.43. The maximum Gasteiger partial charge on any atom is 0.262 e. The maximum absolute atomic E-state index is 13.8. The Bertz CT molecular complexity index is 1170. The summed E-state index contributed by atoms with van der Waals surface area (Å²) in [4.78, 5) is 15.8. The molecule has 1 amide bonds. The Morgan fingerprint density at radius 3 is 2.27 bits per heavy atom. The molecule has 2 N–H and O–H groups in total. The summed E-state index contributed by atoms with van der Waals surface area (Å²) in [5.41, 5.74) is 2.72. The van der Waals surface area contributed by atoms with Crippen LogP contribution in [0.2, 0.25) is 0 Å². The summed E-state index contributed by atoms with van der Waals surface area (Å²) < 4.78 is 5.42. The molecule has 3 aromatic rings. The molecule has 0 bridgehead atoms. The summed E-state index contributed by atoms with van der Waals surface area (Å²) in [6.07, 6.45) is 5.43. The molecule has 1 aliphatic heterocycles. The number of nitrogens with zero attached hydrogens (tertiary/aromatic N) is 1. The van der Waals surface area contributed by atoms with Gasteiger partial charge in [-0.2, -0.15) is 0 Å². The summed E-state index contributed by atoms with van der Waals surface area (Å²) >= 11 is 0. The second kappa shape index (κ2) is 8.74. The molecule has 1 atom stereocenters. The number of carbonyl (C=O) groups is 1. The van der Waals surface area contributed by atoms with Crippen LogP contribution in [0.1, 0.15) is 43.2 Å². The molecule has 5 nitrogen and oxygen atoms in total. The van der Waals surface area contributed by atoms with E-state index >= 15 is 0 Å². The summed E-state index contributed by atoms with van der Waals surface area (Å²) in [6.45, 7) is 0. The number of guanidine groups is 1. The van der Waals surface area contributed by atoms with E-state index in [1.165, 1.54) is 6.42 Å². The van der Waals surface area contributed by atoms with E-state index in [9.17, 15) is 4.79 Å². The molecule has 33 heavy (non-hydrogen) atoms. The predicted octanol–water partition coefficient (Wildman–Crippen LogP) is 5.31. The van der Waals surface area contributed by atoms with Gasteiger partial charge >= 0.3 is 0 Å². The van der Waals surface area contributed by atoms with Crippen molar-refractivity contribution in [3.05, 3.63) is 90.0 Å². The Labute approximate surface area is 194 Å². The topological polar surface area (TPSA) is 65.4 Å². The summed E-state index contributed by atoms with van der Waals surface area (Å²) in [7, 11) is 1.66. The molecule has 1 saturated carbocycles. The van der Waals surface area contributed by atoms with Gasteiger partial charge in [-0.1, -0.05) is 79.9 Å². The van der Waals surface area contributed by atoms with Crippen molar-refractivity contribution in [1.29, 1.82) is 5.41 Å². The lowest BCUT2D eigenvalue weighted by Crippen LogP contribution is -2.53. The van der Waals surface area contributed by atoms with E-state index in [0.717, 1.165) is 53.7 Å². The zero-order chi connectivity index (χ0) is 22.8. The molecular formula is C28H29N3O2. The van der Waals surface area contributed by atoms with E-state index < -0.39 is 5.54 Å². The van der Waals surface area contributed by atoms with Crippen LogP contribution in [-0.4, -0.2) is 29.9 Å². The van der Waals surface area contributed by atoms with Crippen LogP contribution in [0, 0.1) is 5.41 Å². The average Bonchev–Trinajstić information content (AvgIpc) is 3.15. The van der Waals surface area contributed by atoms with Crippen molar-refractivity contribution in [1.82, 2.24) is 10.2 Å². The first-order valence-electron chi connectivity index (χ1n) is 11.6. The minimum atomic E-state index is -1.07. The number of nitrogens with one attached hydrogen (secondary N) is 2. The molecule has 0 radical (unpaired) electrons. The number of ether oxygens (including phenoxy) is 1. The molecule has 1 heterocycles. The van der Waals surface area contributed by atoms with Crippen LogP contribution in [0.5, 0.6) is 5.75 Å². The van der Waals surface area contributed by atoms with E-state index in [1.807, 2.05) is 66.7 Å². The summed E-state index contributed by atoms with van der Waals surface area (Å²) in [6, 6.07) is 26.2. The Hall–Kier alpha value is -3.60. The van der Waals surface area contributed by atoms with Gasteiger partial charge in [0.15, 0.2) is 11.5 Å². The highest BCUT2D eigenvalue weighted by molar-refractivity contribution is 6.10. The van der Waals surface area contributed by atoms with Gasteiger partial charge < -0.3 is 9.64 Å². The number of hydrogen-bond donors (Lipinski definition) is 2. The van der Waals surface area contributed by atoms with E-state index in [0.29, 0.717) is 0 Å². The monoisotopic (exact) mass is 439 g/mol. The van der Waals surface area contributed by atoms with Crippen molar-refractivity contribution in [3.8, 4) is 16.9 Å². The second-order valence-electron chi connectivity index (χ2n) is 8.85. The molecule has 5 heteroatoms. The number of hydrogen-bond acceptors (Lipinski definition) is 3. The Balaban J connectivity index is 1.71. The molecule has 1 aliphatic carbocycles. The van der Waals surface area contributed by atoms with Gasteiger partial charge in [0.25, 0.3) is 5.91 Å². The second-order valence-corrected chi connectivity index (χ2v) is 8.85. The number of methoxy groups -OCH3 is 1. The molecule has 1 unspecified atom stereocenters. The van der Waals surface area contributed by atoms with Crippen molar-refractivity contribution in [2.24, 2.45) is 0 Å². The first-order chi connectivity index (χ1) is 16.1. The molecule has 2 fully saturated rings. The van der Waals surface area contributed by atoms with Crippen LogP contribution in [0.4, 0.5) is 0 Å². The van der Waals surface area contributed by atoms with E-state index in [4.69, 9.17) is 10.1 Å². The smallest absolute Gasteiger partial charge is 0.262 e. The highest BCUT2D eigenvalue weighted by Gasteiger charge is 2.56. The number of amides is 1. The van der Waals surface area contributed by atoms with Crippen LogP contribution in [-0.2, 0) is 10.3 Å². The van der Waals surface area contributed by atoms with E-state index in [-0.39, 0.29) is 17.9 Å². The van der Waals surface area contributed by atoms with Crippen molar-refractivity contribution < 1.29 is 9.53 Å². The summed E-state index contributed by atoms with van der Waals surface area (Å²) in [5, 5.41) is 11.7. The molecule has 168 valence electrons. The van der Waals surface area contributed by atoms with Gasteiger partial charge in [0.05, 0.1) is 7.11 Å². The van der Waals surface area contributed by atoms with Gasteiger partial charge in [-0.15, -0.1) is 0 Å². The Morgan fingerprint density at radius 2 is 1.55 bits per heavy atom. The van der Waals surface area contributed by atoms with Crippen molar-refractivity contribution >= 4 is 11.9 Å². The highest BCUT2D eigenvalue weighted by Crippen LogP contribution is 2.44. The third-order valence-electron chi connectivity index (χ3n) is 6.98. The third kappa shape index (κ3) is 3.58. The average molecular weight is 440 g/mol. The maximum atomic E-state index is 13.8. The van der Waals surface area contributed by atoms with Gasteiger partial charge in [-0.05, 0) is 53.3 Å². The van der Waals surface area contributed by atoms with Crippen LogP contribution in [0.25, 0.3) is 11.1 Å². The molecular weight excluding hydrogens is 410 g/mol. The van der Waals surface area contributed by atoms with Crippen LogP contribution in [0.15, 0.2) is 78.9 Å². The summed E-state index contributed by atoms with van der Waals surface area (Å²) in [5.74, 6) is 0.828. The highest BCUT2D eigenvalue weighted by atomic mass is 16.5. The fourth-order valence-corrected chi connectivity index (χ4v) is 5.44. The number of rotatable bonds is 5. The minimum Gasteiger partial charge on any atom is -0.497 e. The first kappa shape index (κ1) is 21.3. The predicted molar refractivity (Wildman–Crippen MR) is 130 cm³/mol. The number of benzene rings is 3. The molecule has 1 saturated heterocycles. The lowest BCUT2D eigenvalue weighted by atomic mass is 9.78. The third-order valence-corrected chi connectivity index (χ3v) is 6.98. The fourth-order valence-electron chi connectivity index (χ4n) is 5.44. The Morgan fingerprint density at radius 1 is 0.879 bits per heavy atom. The van der Waals surface area contributed by atoms with E-state index in [2.05, 4.69) is 22.3 Å². The van der Waals surface area contributed by atoms with Crippen molar-refractivity contribution in [2.45, 2.75) is 43.7 Å². The van der Waals surface area contributed by atoms with E-state index in [1.54, 1.807) is 7.11 Å². The standard InChI is InChI=1S/C28H29N3O2/c1-33-25-17-9-11-21(19-25)20-10-8-14-23(18-20)28(22-12-4-2-5-13-22)26(32)30-27(29)31(28)24-15-6-3-7-16-24/h2,4-5,8-14,17-19,24H,3,6-7,15-16H2,1H3,(H2,29,30,32). The number of carbonyl (C=O) groups excluding carboxylic acids is 1. The largest absolute Gasteiger partial charge is 0.497 e. The van der Waals surface area contributed by atoms with Crippen LogP contribution in [0.3, 0.4) is 0 Å². The SMILES string of the molecule is COc1cccc(-c2cccc(C3(c4ccccc4)C(=O)NC(=N)N3C3CCCCC3)c2)c1. The molecule has 5 rings (SSSR count). The van der Waals surface area contributed by atoms with Gasteiger partial charge in [0.1, 0.15) is 5.75 Å². The lowest BCUT2D eigenvalue weighted by molar-refractivity contribution is -0.126. The van der Waals surface area contributed by atoms with Gasteiger partial charge in [0, 0.05) is 6.04 Å². The minimum absolute atomic E-state index is 0.144.